The Bertz CT molecular complexity index is 988. The number of rotatable bonds is 5. The Morgan fingerprint density at radius 1 is 1.18 bits per heavy atom. The van der Waals surface area contributed by atoms with Crippen molar-refractivity contribution in [3.8, 4) is 11.4 Å². The van der Waals surface area contributed by atoms with Crippen molar-refractivity contribution in [3.63, 3.8) is 0 Å². The highest BCUT2D eigenvalue weighted by molar-refractivity contribution is 5.93. The van der Waals surface area contributed by atoms with Crippen LogP contribution in [0, 0.1) is 6.92 Å². The zero-order chi connectivity index (χ0) is 19.7. The third-order valence-electron chi connectivity index (χ3n) is 5.41. The number of benzene rings is 1. The summed E-state index contributed by atoms with van der Waals surface area (Å²) in [5.74, 6) is 0.362. The minimum atomic E-state index is -0.459. The predicted molar refractivity (Wildman–Crippen MR) is 108 cm³/mol. The Labute approximate surface area is 164 Å². The minimum absolute atomic E-state index is 0.399. The average Bonchev–Trinajstić information content (AvgIpc) is 3.17. The Morgan fingerprint density at radius 2 is 1.96 bits per heavy atom. The molecule has 3 heterocycles. The fourth-order valence-electron chi connectivity index (χ4n) is 3.88. The number of hydrogen-bond donors (Lipinski definition) is 1. The molecule has 1 aliphatic rings. The molecule has 0 radical (unpaired) electrons. The molecule has 0 bridgehead atoms. The van der Waals surface area contributed by atoms with Gasteiger partial charge in [0.25, 0.3) is 5.91 Å². The lowest BCUT2D eigenvalue weighted by Gasteiger charge is -2.19. The molecule has 1 amide bonds. The van der Waals surface area contributed by atoms with E-state index in [-0.39, 0.29) is 0 Å². The lowest BCUT2D eigenvalue weighted by atomic mass is 10.2. The van der Waals surface area contributed by atoms with E-state index in [0.29, 0.717) is 5.69 Å². The number of fused-ring (bicyclic) bond motifs is 1. The summed E-state index contributed by atoms with van der Waals surface area (Å²) in [5.41, 5.74) is 10.3. The van der Waals surface area contributed by atoms with E-state index < -0.39 is 5.91 Å². The fourth-order valence-corrected chi connectivity index (χ4v) is 3.88. The second-order valence-corrected chi connectivity index (χ2v) is 7.23. The van der Waals surface area contributed by atoms with Crippen molar-refractivity contribution in [1.82, 2.24) is 24.2 Å². The molecule has 7 heteroatoms. The van der Waals surface area contributed by atoms with Gasteiger partial charge in [0.05, 0.1) is 11.4 Å². The SMILES string of the molecule is CCn1cc(CN2CCc3c(C(N)=O)nc(-c4ccccc4)n3CC2)c(C)n1. The molecule has 0 saturated heterocycles. The molecule has 0 saturated carbocycles. The molecule has 0 unspecified atom stereocenters. The molecule has 2 aromatic heterocycles. The number of aromatic nitrogens is 4. The summed E-state index contributed by atoms with van der Waals surface area (Å²) in [7, 11) is 0. The van der Waals surface area contributed by atoms with Gasteiger partial charge in [0.15, 0.2) is 0 Å². The highest BCUT2D eigenvalue weighted by Crippen LogP contribution is 2.25. The van der Waals surface area contributed by atoms with Gasteiger partial charge in [0.2, 0.25) is 0 Å². The van der Waals surface area contributed by atoms with Gasteiger partial charge in [0, 0.05) is 56.5 Å². The summed E-state index contributed by atoms with van der Waals surface area (Å²) in [6.45, 7) is 8.41. The van der Waals surface area contributed by atoms with Crippen LogP contribution in [0.3, 0.4) is 0 Å². The standard InChI is InChI=1S/C21H26N6O/c1-3-26-14-17(15(2)24-26)13-25-10-9-18-19(20(22)28)23-21(27(18)12-11-25)16-7-5-4-6-8-16/h4-8,14H,3,9-13H2,1-2H3,(H2,22,28). The van der Waals surface area contributed by atoms with Crippen LogP contribution in [0.4, 0.5) is 0 Å². The summed E-state index contributed by atoms with van der Waals surface area (Å²) in [6.07, 6.45) is 2.88. The van der Waals surface area contributed by atoms with E-state index in [1.54, 1.807) is 0 Å². The summed E-state index contributed by atoms with van der Waals surface area (Å²) in [4.78, 5) is 19.0. The van der Waals surface area contributed by atoms with E-state index in [0.717, 1.165) is 61.9 Å². The highest BCUT2D eigenvalue weighted by atomic mass is 16.1. The first-order chi connectivity index (χ1) is 13.6. The van der Waals surface area contributed by atoms with Gasteiger partial charge in [-0.1, -0.05) is 30.3 Å². The number of carbonyl (C=O) groups excluding carboxylic acids is 1. The third-order valence-corrected chi connectivity index (χ3v) is 5.41. The zero-order valence-electron chi connectivity index (χ0n) is 16.4. The Kier molecular flexibility index (Phi) is 5.00. The van der Waals surface area contributed by atoms with Crippen molar-refractivity contribution >= 4 is 5.91 Å². The molecule has 0 atom stereocenters. The fraction of sp³-hybridized carbons (Fsp3) is 0.381. The summed E-state index contributed by atoms with van der Waals surface area (Å²) in [5, 5.41) is 4.55. The van der Waals surface area contributed by atoms with Crippen molar-refractivity contribution in [2.75, 3.05) is 13.1 Å². The van der Waals surface area contributed by atoms with Crippen molar-refractivity contribution in [2.45, 2.75) is 39.9 Å². The molecule has 2 N–H and O–H groups in total. The van der Waals surface area contributed by atoms with E-state index in [4.69, 9.17) is 5.73 Å². The molecule has 4 rings (SSSR count). The molecule has 0 fully saturated rings. The van der Waals surface area contributed by atoms with Gasteiger partial charge in [0.1, 0.15) is 11.5 Å². The number of hydrogen-bond acceptors (Lipinski definition) is 4. The molecule has 1 aromatic carbocycles. The van der Waals surface area contributed by atoms with Crippen LogP contribution >= 0.6 is 0 Å². The van der Waals surface area contributed by atoms with Gasteiger partial charge in [-0.05, 0) is 13.8 Å². The largest absolute Gasteiger partial charge is 0.364 e. The maximum absolute atomic E-state index is 12.0. The van der Waals surface area contributed by atoms with Crippen molar-refractivity contribution in [1.29, 1.82) is 0 Å². The van der Waals surface area contributed by atoms with E-state index in [9.17, 15) is 4.79 Å². The highest BCUT2D eigenvalue weighted by Gasteiger charge is 2.25. The van der Waals surface area contributed by atoms with Crippen LogP contribution in [0.2, 0.25) is 0 Å². The number of nitrogens with zero attached hydrogens (tertiary/aromatic N) is 5. The number of nitrogens with two attached hydrogens (primary N) is 1. The van der Waals surface area contributed by atoms with Crippen LogP contribution in [-0.4, -0.2) is 43.2 Å². The van der Waals surface area contributed by atoms with Crippen LogP contribution in [0.15, 0.2) is 36.5 Å². The van der Waals surface area contributed by atoms with E-state index in [1.807, 2.05) is 35.0 Å². The molecule has 0 aliphatic carbocycles. The molecule has 0 spiro atoms. The number of amides is 1. The number of aryl methyl sites for hydroxylation is 2. The molecular formula is C21H26N6O. The minimum Gasteiger partial charge on any atom is -0.364 e. The average molecular weight is 378 g/mol. The molecule has 3 aromatic rings. The molecule has 1 aliphatic heterocycles. The number of primary amides is 1. The molecule has 7 nitrogen and oxygen atoms in total. The van der Waals surface area contributed by atoms with Gasteiger partial charge in [-0.2, -0.15) is 5.10 Å². The first-order valence-electron chi connectivity index (χ1n) is 9.76. The topological polar surface area (TPSA) is 82.0 Å². The maximum Gasteiger partial charge on any atom is 0.269 e. The number of carbonyl (C=O) groups is 1. The van der Waals surface area contributed by atoms with E-state index in [1.165, 1.54) is 5.56 Å². The zero-order valence-corrected chi connectivity index (χ0v) is 16.4. The Balaban J connectivity index is 1.61. The van der Waals surface area contributed by atoms with E-state index in [2.05, 4.69) is 39.6 Å². The first kappa shape index (κ1) is 18.4. The second-order valence-electron chi connectivity index (χ2n) is 7.23. The van der Waals surface area contributed by atoms with Crippen LogP contribution in [0.25, 0.3) is 11.4 Å². The monoisotopic (exact) mass is 378 g/mol. The number of imidazole rings is 1. The molecule has 146 valence electrons. The Hall–Kier alpha value is -2.93. The van der Waals surface area contributed by atoms with Crippen molar-refractivity contribution in [3.05, 3.63) is 59.2 Å². The van der Waals surface area contributed by atoms with E-state index >= 15 is 0 Å². The van der Waals surface area contributed by atoms with Crippen molar-refractivity contribution in [2.24, 2.45) is 5.73 Å². The molecular weight excluding hydrogens is 352 g/mol. The van der Waals surface area contributed by atoms with Gasteiger partial charge in [-0.3, -0.25) is 14.4 Å². The lowest BCUT2D eigenvalue weighted by Crippen LogP contribution is -2.27. The van der Waals surface area contributed by atoms with Gasteiger partial charge < -0.3 is 10.3 Å². The third kappa shape index (κ3) is 3.45. The smallest absolute Gasteiger partial charge is 0.269 e. The normalized spacial score (nSPS) is 14.6. The van der Waals surface area contributed by atoms with Crippen LogP contribution < -0.4 is 5.73 Å². The molecule has 28 heavy (non-hydrogen) atoms. The lowest BCUT2D eigenvalue weighted by molar-refractivity contribution is 0.0995. The van der Waals surface area contributed by atoms with Crippen molar-refractivity contribution < 1.29 is 4.79 Å². The maximum atomic E-state index is 12.0. The van der Waals surface area contributed by atoms with Gasteiger partial charge >= 0.3 is 0 Å². The predicted octanol–water partition coefficient (Wildman–Crippen LogP) is 2.23. The van der Waals surface area contributed by atoms with Crippen LogP contribution in [0.1, 0.15) is 34.4 Å². The van der Waals surface area contributed by atoms with Gasteiger partial charge in [-0.15, -0.1) is 0 Å². The summed E-state index contributed by atoms with van der Waals surface area (Å²) < 4.78 is 4.15. The summed E-state index contributed by atoms with van der Waals surface area (Å²) >= 11 is 0. The van der Waals surface area contributed by atoms with Crippen LogP contribution in [-0.2, 0) is 26.1 Å². The Morgan fingerprint density at radius 3 is 2.64 bits per heavy atom. The quantitative estimate of drug-likeness (QED) is 0.738. The summed E-state index contributed by atoms with van der Waals surface area (Å²) in [6, 6.07) is 9.98. The second kappa shape index (κ2) is 7.59. The van der Waals surface area contributed by atoms with Crippen LogP contribution in [0.5, 0.6) is 0 Å². The van der Waals surface area contributed by atoms with Gasteiger partial charge in [-0.25, -0.2) is 4.98 Å². The first-order valence-corrected chi connectivity index (χ1v) is 9.76.